The molecule has 2 rings (SSSR count). The number of allylic oxidation sites excluding steroid dienone is 1. The van der Waals surface area contributed by atoms with Crippen molar-refractivity contribution in [3.05, 3.63) is 35.7 Å². The Hall–Kier alpha value is -1.11. The summed E-state index contributed by atoms with van der Waals surface area (Å²) in [6.07, 6.45) is 2.57. The van der Waals surface area contributed by atoms with Crippen LogP contribution in [0, 0.1) is 5.82 Å². The minimum absolute atomic E-state index is 0.0406. The molecule has 1 amide bonds. The summed E-state index contributed by atoms with van der Waals surface area (Å²) in [6, 6.07) is 4.78. The molecular formula is C15H17FINO2. The smallest absolute Gasteiger partial charge is 0.240 e. The molecule has 0 aliphatic carbocycles. The molecule has 0 N–H and O–H groups in total. The number of hydrogen-bond acceptors (Lipinski definition) is 2. The molecule has 108 valence electrons. The monoisotopic (exact) mass is 389 g/mol. The molecule has 1 unspecified atom stereocenters. The van der Waals surface area contributed by atoms with Gasteiger partial charge in [0, 0.05) is 23.9 Å². The van der Waals surface area contributed by atoms with Gasteiger partial charge in [-0.1, -0.05) is 28.7 Å². The first-order valence-electron chi connectivity index (χ1n) is 6.66. The number of alkyl halides is 1. The standard InChI is InChI=1S/C15H17FINO2/c1-3-18-14(8-7-13(17)15(18)19)11-6-5-10(20-4-2)9-12(11)16/h5-6,8-9,13H,3-4,7H2,1-2H3. The molecule has 0 aromatic heterocycles. The van der Waals surface area contributed by atoms with E-state index in [-0.39, 0.29) is 15.6 Å². The average molecular weight is 389 g/mol. The maximum Gasteiger partial charge on any atom is 0.240 e. The van der Waals surface area contributed by atoms with E-state index in [4.69, 9.17) is 4.74 Å². The summed E-state index contributed by atoms with van der Waals surface area (Å²) in [6.45, 7) is 4.79. The minimum Gasteiger partial charge on any atom is -0.494 e. The maximum absolute atomic E-state index is 14.2. The van der Waals surface area contributed by atoms with E-state index in [9.17, 15) is 9.18 Å². The predicted octanol–water partition coefficient (Wildman–Crippen LogP) is 3.62. The second-order valence-electron chi connectivity index (χ2n) is 4.45. The van der Waals surface area contributed by atoms with Crippen LogP contribution in [0.4, 0.5) is 4.39 Å². The Bertz CT molecular complexity index is 545. The van der Waals surface area contributed by atoms with Crippen LogP contribution < -0.4 is 4.74 Å². The quantitative estimate of drug-likeness (QED) is 0.582. The predicted molar refractivity (Wildman–Crippen MR) is 85.4 cm³/mol. The molecule has 0 fully saturated rings. The van der Waals surface area contributed by atoms with E-state index in [2.05, 4.69) is 22.6 Å². The number of amides is 1. The van der Waals surface area contributed by atoms with E-state index in [0.717, 1.165) is 0 Å². The van der Waals surface area contributed by atoms with E-state index in [0.29, 0.717) is 36.6 Å². The minimum atomic E-state index is -0.361. The second-order valence-corrected chi connectivity index (χ2v) is 5.95. The molecule has 0 spiro atoms. The van der Waals surface area contributed by atoms with Crippen LogP contribution in [-0.2, 0) is 4.79 Å². The largest absolute Gasteiger partial charge is 0.494 e. The van der Waals surface area contributed by atoms with Crippen molar-refractivity contribution in [3.63, 3.8) is 0 Å². The van der Waals surface area contributed by atoms with Crippen LogP contribution in [-0.4, -0.2) is 27.9 Å². The summed E-state index contributed by atoms with van der Waals surface area (Å²) in [5.41, 5.74) is 1.11. The van der Waals surface area contributed by atoms with Gasteiger partial charge in [0.2, 0.25) is 5.91 Å². The van der Waals surface area contributed by atoms with Gasteiger partial charge in [0.15, 0.2) is 0 Å². The zero-order chi connectivity index (χ0) is 14.7. The Kier molecular flexibility index (Phi) is 5.01. The summed E-state index contributed by atoms with van der Waals surface area (Å²) in [4.78, 5) is 13.8. The van der Waals surface area contributed by atoms with Gasteiger partial charge in [-0.15, -0.1) is 0 Å². The number of nitrogens with zero attached hydrogens (tertiary/aromatic N) is 1. The van der Waals surface area contributed by atoms with Gasteiger partial charge < -0.3 is 9.64 Å². The molecule has 1 aromatic rings. The first-order chi connectivity index (χ1) is 9.58. The van der Waals surface area contributed by atoms with Crippen LogP contribution in [0.3, 0.4) is 0 Å². The lowest BCUT2D eigenvalue weighted by Crippen LogP contribution is -2.38. The van der Waals surface area contributed by atoms with E-state index in [1.54, 1.807) is 17.0 Å². The van der Waals surface area contributed by atoms with Crippen molar-refractivity contribution in [2.75, 3.05) is 13.2 Å². The summed E-state index contributed by atoms with van der Waals surface area (Å²) in [5.74, 6) is 0.186. The van der Waals surface area contributed by atoms with Crippen LogP contribution in [0.15, 0.2) is 24.3 Å². The molecule has 1 atom stereocenters. The van der Waals surface area contributed by atoms with Gasteiger partial charge in [0.05, 0.1) is 10.5 Å². The molecule has 3 nitrogen and oxygen atoms in total. The fraction of sp³-hybridized carbons (Fsp3) is 0.400. The Labute approximate surface area is 131 Å². The Balaban J connectivity index is 2.37. The summed E-state index contributed by atoms with van der Waals surface area (Å²) < 4.78 is 19.4. The second kappa shape index (κ2) is 6.56. The Morgan fingerprint density at radius 3 is 2.80 bits per heavy atom. The van der Waals surface area contributed by atoms with E-state index >= 15 is 0 Å². The molecule has 0 radical (unpaired) electrons. The number of halogens is 2. The lowest BCUT2D eigenvalue weighted by Gasteiger charge is -2.30. The molecule has 1 aromatic carbocycles. The first kappa shape index (κ1) is 15.3. The van der Waals surface area contributed by atoms with Crippen molar-refractivity contribution in [2.45, 2.75) is 24.2 Å². The highest BCUT2D eigenvalue weighted by Gasteiger charge is 2.29. The highest BCUT2D eigenvalue weighted by atomic mass is 127. The summed E-state index contributed by atoms with van der Waals surface area (Å²) >= 11 is 2.13. The molecule has 0 saturated carbocycles. The summed E-state index contributed by atoms with van der Waals surface area (Å²) in [7, 11) is 0. The van der Waals surface area contributed by atoms with Crippen LogP contribution in [0.1, 0.15) is 25.8 Å². The van der Waals surface area contributed by atoms with E-state index < -0.39 is 0 Å². The molecular weight excluding hydrogens is 372 g/mol. The van der Waals surface area contributed by atoms with Gasteiger partial charge in [-0.05, 0) is 32.4 Å². The molecule has 1 heterocycles. The van der Waals surface area contributed by atoms with Crippen molar-refractivity contribution < 1.29 is 13.9 Å². The lowest BCUT2D eigenvalue weighted by atomic mass is 10.0. The van der Waals surface area contributed by atoms with Gasteiger partial charge in [0.25, 0.3) is 0 Å². The normalized spacial score (nSPS) is 19.0. The van der Waals surface area contributed by atoms with Gasteiger partial charge in [-0.3, -0.25) is 4.79 Å². The summed E-state index contributed by atoms with van der Waals surface area (Å²) in [5, 5.41) is 0. The zero-order valence-electron chi connectivity index (χ0n) is 11.5. The third-order valence-corrected chi connectivity index (χ3v) is 4.23. The van der Waals surface area contributed by atoms with Crippen LogP contribution in [0.5, 0.6) is 5.75 Å². The van der Waals surface area contributed by atoms with Crippen molar-refractivity contribution in [3.8, 4) is 5.75 Å². The number of ether oxygens (including phenoxy) is 1. The van der Waals surface area contributed by atoms with Gasteiger partial charge in [-0.2, -0.15) is 0 Å². The number of hydrogen-bond donors (Lipinski definition) is 0. The molecule has 0 bridgehead atoms. The number of rotatable bonds is 4. The first-order valence-corrected chi connectivity index (χ1v) is 7.91. The molecule has 1 aliphatic rings. The van der Waals surface area contributed by atoms with Gasteiger partial charge in [-0.25, -0.2) is 4.39 Å². The van der Waals surface area contributed by atoms with Gasteiger partial charge >= 0.3 is 0 Å². The Morgan fingerprint density at radius 1 is 1.45 bits per heavy atom. The Morgan fingerprint density at radius 2 is 2.20 bits per heavy atom. The van der Waals surface area contributed by atoms with E-state index in [1.165, 1.54) is 6.07 Å². The third-order valence-electron chi connectivity index (χ3n) is 3.19. The van der Waals surface area contributed by atoms with Gasteiger partial charge in [0.1, 0.15) is 11.6 Å². The molecule has 1 aliphatic heterocycles. The van der Waals surface area contributed by atoms with Crippen molar-refractivity contribution in [1.82, 2.24) is 4.90 Å². The lowest BCUT2D eigenvalue weighted by molar-refractivity contribution is -0.127. The molecule has 0 saturated heterocycles. The fourth-order valence-corrected chi connectivity index (χ4v) is 2.85. The van der Waals surface area contributed by atoms with Crippen molar-refractivity contribution in [1.29, 1.82) is 0 Å². The van der Waals surface area contributed by atoms with E-state index in [1.807, 2.05) is 19.9 Å². The van der Waals surface area contributed by atoms with Crippen molar-refractivity contribution in [2.24, 2.45) is 0 Å². The molecule has 20 heavy (non-hydrogen) atoms. The highest BCUT2D eigenvalue weighted by molar-refractivity contribution is 14.1. The zero-order valence-corrected chi connectivity index (χ0v) is 13.7. The average Bonchev–Trinajstić information content (AvgIpc) is 2.43. The maximum atomic E-state index is 14.2. The number of benzene rings is 1. The number of carbonyl (C=O) groups excluding carboxylic acids is 1. The number of carbonyl (C=O) groups is 1. The topological polar surface area (TPSA) is 29.5 Å². The van der Waals surface area contributed by atoms with Crippen LogP contribution >= 0.6 is 22.6 Å². The van der Waals surface area contributed by atoms with Crippen molar-refractivity contribution >= 4 is 34.2 Å². The van der Waals surface area contributed by atoms with Crippen LogP contribution in [0.2, 0.25) is 0 Å². The van der Waals surface area contributed by atoms with Crippen LogP contribution in [0.25, 0.3) is 5.70 Å². The highest BCUT2D eigenvalue weighted by Crippen LogP contribution is 2.31. The third kappa shape index (κ3) is 2.97. The fourth-order valence-electron chi connectivity index (χ4n) is 2.26. The molecule has 5 heteroatoms. The SMILES string of the molecule is CCOc1ccc(C2=CCC(I)C(=O)N2CC)c(F)c1.